The lowest BCUT2D eigenvalue weighted by Crippen LogP contribution is -2.30. The van der Waals surface area contributed by atoms with Gasteiger partial charge in [-0.25, -0.2) is 0 Å². The molecule has 0 aromatic carbocycles. The number of pyridine rings is 2. The number of hydrogen-bond acceptors (Lipinski definition) is 3. The van der Waals surface area contributed by atoms with Crippen LogP contribution >= 0.6 is 0 Å². The fourth-order valence-corrected chi connectivity index (χ4v) is 1.60. The highest BCUT2D eigenvalue weighted by molar-refractivity contribution is 5.93. The van der Waals surface area contributed by atoms with E-state index in [1.54, 1.807) is 23.3 Å². The Bertz CT molecular complexity index is 696. The van der Waals surface area contributed by atoms with E-state index in [0.717, 1.165) is 6.07 Å². The first-order valence-electron chi connectivity index (χ1n) is 5.85. The van der Waals surface area contributed by atoms with E-state index >= 15 is 0 Å². The molecule has 0 spiro atoms. The Hall–Kier alpha value is -2.64. The van der Waals surface area contributed by atoms with E-state index < -0.39 is 23.3 Å². The Kier molecular flexibility index (Phi) is 4.06. The third-order valence-electron chi connectivity index (χ3n) is 2.64. The monoisotopic (exact) mass is 297 g/mol. The van der Waals surface area contributed by atoms with Crippen LogP contribution in [-0.4, -0.2) is 15.9 Å². The largest absolute Gasteiger partial charge is 0.431 e. The molecule has 0 aliphatic heterocycles. The molecule has 0 saturated heterocycles. The van der Waals surface area contributed by atoms with Gasteiger partial charge < -0.3 is 10.3 Å². The summed E-state index contributed by atoms with van der Waals surface area (Å²) in [5.41, 5.74) is -1.97. The lowest BCUT2D eigenvalue weighted by molar-refractivity contribution is -0.141. The van der Waals surface area contributed by atoms with Gasteiger partial charge in [0.15, 0.2) is 0 Å². The van der Waals surface area contributed by atoms with Crippen molar-refractivity contribution in [2.24, 2.45) is 0 Å². The number of aromatic amines is 1. The van der Waals surface area contributed by atoms with E-state index in [1.165, 1.54) is 6.20 Å². The average molecular weight is 297 g/mol. The van der Waals surface area contributed by atoms with Crippen LogP contribution in [0.2, 0.25) is 0 Å². The van der Waals surface area contributed by atoms with Gasteiger partial charge in [-0.2, -0.15) is 13.2 Å². The zero-order valence-electron chi connectivity index (χ0n) is 10.6. The highest BCUT2D eigenvalue weighted by Gasteiger charge is 2.32. The molecule has 0 atom stereocenters. The number of nitrogens with one attached hydrogen (secondary N) is 2. The third kappa shape index (κ3) is 3.68. The number of halogens is 3. The minimum absolute atomic E-state index is 0.118. The zero-order chi connectivity index (χ0) is 15.5. The van der Waals surface area contributed by atoms with Gasteiger partial charge in [0.2, 0.25) is 0 Å². The summed E-state index contributed by atoms with van der Waals surface area (Å²) < 4.78 is 37.2. The number of rotatable bonds is 3. The summed E-state index contributed by atoms with van der Waals surface area (Å²) in [5, 5.41) is 2.43. The molecule has 5 nitrogen and oxygen atoms in total. The fourth-order valence-electron chi connectivity index (χ4n) is 1.60. The first-order valence-corrected chi connectivity index (χ1v) is 5.85. The highest BCUT2D eigenvalue weighted by Crippen LogP contribution is 2.26. The molecule has 0 fully saturated rings. The number of aromatic nitrogens is 2. The summed E-state index contributed by atoms with van der Waals surface area (Å²) in [6.07, 6.45) is -1.58. The fraction of sp³-hybridized carbons (Fsp3) is 0.154. The maximum absolute atomic E-state index is 12.4. The van der Waals surface area contributed by atoms with Crippen LogP contribution in [-0.2, 0) is 12.7 Å². The molecule has 110 valence electrons. The SMILES string of the molecule is O=C(NCc1cccnc1)c1ccc(C(F)(F)F)[nH]c1=O. The van der Waals surface area contributed by atoms with Crippen LogP contribution in [0.25, 0.3) is 0 Å². The smallest absolute Gasteiger partial charge is 0.348 e. The summed E-state index contributed by atoms with van der Waals surface area (Å²) in [6.45, 7) is 0.118. The number of nitrogens with zero attached hydrogens (tertiary/aromatic N) is 1. The van der Waals surface area contributed by atoms with Crippen molar-refractivity contribution in [2.45, 2.75) is 12.7 Å². The minimum Gasteiger partial charge on any atom is -0.348 e. The van der Waals surface area contributed by atoms with Gasteiger partial charge in [-0.15, -0.1) is 0 Å². The topological polar surface area (TPSA) is 74.8 Å². The van der Waals surface area contributed by atoms with Crippen LogP contribution in [0.1, 0.15) is 21.6 Å². The number of carbonyl (C=O) groups is 1. The molecule has 2 N–H and O–H groups in total. The molecule has 2 aromatic heterocycles. The molecule has 0 bridgehead atoms. The Morgan fingerprint density at radius 2 is 2.05 bits per heavy atom. The van der Waals surface area contributed by atoms with E-state index in [2.05, 4.69) is 10.3 Å². The molecular formula is C13H10F3N3O2. The molecule has 0 aliphatic carbocycles. The van der Waals surface area contributed by atoms with Gasteiger partial charge in [-0.3, -0.25) is 14.6 Å². The molecule has 0 aliphatic rings. The predicted octanol–water partition coefficient (Wildman–Crippen LogP) is 1.72. The molecule has 1 amide bonds. The molecular weight excluding hydrogens is 287 g/mol. The third-order valence-corrected chi connectivity index (χ3v) is 2.64. The molecule has 0 radical (unpaired) electrons. The minimum atomic E-state index is -4.66. The normalized spacial score (nSPS) is 11.2. The molecule has 21 heavy (non-hydrogen) atoms. The van der Waals surface area contributed by atoms with E-state index in [0.29, 0.717) is 11.6 Å². The molecule has 2 rings (SSSR count). The number of amides is 1. The second-order valence-corrected chi connectivity index (χ2v) is 4.16. The summed E-state index contributed by atoms with van der Waals surface area (Å²) in [6, 6.07) is 4.89. The van der Waals surface area contributed by atoms with E-state index in [1.807, 2.05) is 0 Å². The lowest BCUT2D eigenvalue weighted by Gasteiger charge is -2.08. The van der Waals surface area contributed by atoms with Crippen molar-refractivity contribution in [1.82, 2.24) is 15.3 Å². The molecule has 2 heterocycles. The zero-order valence-corrected chi connectivity index (χ0v) is 10.6. The van der Waals surface area contributed by atoms with Gasteiger partial charge >= 0.3 is 6.18 Å². The van der Waals surface area contributed by atoms with Gasteiger partial charge in [-0.05, 0) is 23.8 Å². The van der Waals surface area contributed by atoms with E-state index in [4.69, 9.17) is 0 Å². The van der Waals surface area contributed by atoms with Crippen molar-refractivity contribution in [1.29, 1.82) is 0 Å². The van der Waals surface area contributed by atoms with E-state index in [-0.39, 0.29) is 12.1 Å². The molecule has 8 heteroatoms. The second-order valence-electron chi connectivity index (χ2n) is 4.16. The predicted molar refractivity (Wildman–Crippen MR) is 67.5 cm³/mol. The van der Waals surface area contributed by atoms with Crippen molar-refractivity contribution < 1.29 is 18.0 Å². The van der Waals surface area contributed by atoms with Gasteiger partial charge in [0.25, 0.3) is 11.5 Å². The highest BCUT2D eigenvalue weighted by atomic mass is 19.4. The summed E-state index contributed by atoms with van der Waals surface area (Å²) in [5.74, 6) is -0.756. The molecule has 0 unspecified atom stereocenters. The average Bonchev–Trinajstić information content (AvgIpc) is 2.45. The van der Waals surface area contributed by atoms with Crippen molar-refractivity contribution in [3.05, 3.63) is 63.8 Å². The number of alkyl halides is 3. The summed E-state index contributed by atoms with van der Waals surface area (Å²) >= 11 is 0. The Morgan fingerprint density at radius 3 is 2.62 bits per heavy atom. The Balaban J connectivity index is 2.11. The van der Waals surface area contributed by atoms with Crippen LogP contribution in [0.3, 0.4) is 0 Å². The maximum atomic E-state index is 12.4. The van der Waals surface area contributed by atoms with Gasteiger partial charge in [-0.1, -0.05) is 6.07 Å². The maximum Gasteiger partial charge on any atom is 0.431 e. The van der Waals surface area contributed by atoms with Crippen molar-refractivity contribution >= 4 is 5.91 Å². The lowest BCUT2D eigenvalue weighted by atomic mass is 10.2. The van der Waals surface area contributed by atoms with Crippen molar-refractivity contribution in [2.75, 3.05) is 0 Å². The Labute approximate surface area is 116 Å². The van der Waals surface area contributed by atoms with Crippen LogP contribution < -0.4 is 10.9 Å². The van der Waals surface area contributed by atoms with Crippen molar-refractivity contribution in [3.8, 4) is 0 Å². The summed E-state index contributed by atoms with van der Waals surface area (Å²) in [7, 11) is 0. The molecule has 0 saturated carbocycles. The molecule has 2 aromatic rings. The van der Waals surface area contributed by atoms with Crippen LogP contribution in [0.4, 0.5) is 13.2 Å². The van der Waals surface area contributed by atoms with Gasteiger partial charge in [0.05, 0.1) is 0 Å². The van der Waals surface area contributed by atoms with Crippen LogP contribution in [0, 0.1) is 0 Å². The summed E-state index contributed by atoms with van der Waals surface area (Å²) in [4.78, 5) is 28.8. The number of carbonyl (C=O) groups excluding carboxylic acids is 1. The van der Waals surface area contributed by atoms with Crippen LogP contribution in [0.5, 0.6) is 0 Å². The van der Waals surface area contributed by atoms with Gasteiger partial charge in [0.1, 0.15) is 11.3 Å². The van der Waals surface area contributed by atoms with Gasteiger partial charge in [0, 0.05) is 18.9 Å². The Morgan fingerprint density at radius 1 is 1.29 bits per heavy atom. The standard InChI is InChI=1S/C13H10F3N3O2/c14-13(15,16)10-4-3-9(12(21)19-10)11(20)18-7-8-2-1-5-17-6-8/h1-6H,7H2,(H,18,20)(H,19,21). The first kappa shape index (κ1) is 14.8. The second kappa shape index (κ2) is 5.78. The van der Waals surface area contributed by atoms with Crippen molar-refractivity contribution in [3.63, 3.8) is 0 Å². The number of H-pyrrole nitrogens is 1. The van der Waals surface area contributed by atoms with Crippen LogP contribution in [0.15, 0.2) is 41.5 Å². The van der Waals surface area contributed by atoms with E-state index in [9.17, 15) is 22.8 Å². The number of hydrogen-bond donors (Lipinski definition) is 2. The first-order chi connectivity index (χ1) is 9.88. The quantitative estimate of drug-likeness (QED) is 0.905.